The Hall–Kier alpha value is -1.35. The molecule has 0 fully saturated rings. The zero-order valence-corrected chi connectivity index (χ0v) is 12.9. The third-order valence-corrected chi connectivity index (χ3v) is 4.01. The molecule has 0 aliphatic rings. The van der Waals surface area contributed by atoms with E-state index in [1.54, 1.807) is 0 Å². The van der Waals surface area contributed by atoms with Crippen molar-refractivity contribution in [1.29, 1.82) is 0 Å². The van der Waals surface area contributed by atoms with E-state index in [1.165, 1.54) is 5.52 Å². The minimum Gasteiger partial charge on any atom is -0.330 e. The number of rotatable bonds is 3. The van der Waals surface area contributed by atoms with Crippen LogP contribution in [0.5, 0.6) is 0 Å². The molecule has 2 aromatic rings. The fraction of sp³-hybridized carbons (Fsp3) is 0.562. The number of benzene rings is 1. The molecule has 1 heterocycles. The van der Waals surface area contributed by atoms with Crippen LogP contribution in [0.3, 0.4) is 0 Å². The molecule has 2 rings (SSSR count). The van der Waals surface area contributed by atoms with E-state index in [0.29, 0.717) is 6.04 Å². The molecule has 3 nitrogen and oxygen atoms in total. The molecule has 0 radical (unpaired) electrons. The summed E-state index contributed by atoms with van der Waals surface area (Å²) in [5.74, 6) is 1.09. The Morgan fingerprint density at radius 2 is 1.79 bits per heavy atom. The second-order valence-corrected chi connectivity index (χ2v) is 6.49. The first-order chi connectivity index (χ1) is 8.80. The van der Waals surface area contributed by atoms with Crippen molar-refractivity contribution in [3.63, 3.8) is 0 Å². The third kappa shape index (κ3) is 2.81. The molecule has 1 N–H and O–H groups in total. The van der Waals surface area contributed by atoms with Gasteiger partial charge in [-0.05, 0) is 31.4 Å². The summed E-state index contributed by atoms with van der Waals surface area (Å²) in [5, 5.41) is 3.65. The van der Waals surface area contributed by atoms with E-state index < -0.39 is 0 Å². The molecule has 3 heteroatoms. The van der Waals surface area contributed by atoms with Crippen molar-refractivity contribution >= 4 is 11.0 Å². The summed E-state index contributed by atoms with van der Waals surface area (Å²) >= 11 is 0. The van der Waals surface area contributed by atoms with Gasteiger partial charge in [-0.25, -0.2) is 4.98 Å². The summed E-state index contributed by atoms with van der Waals surface area (Å²) in [5.41, 5.74) is 2.50. The minimum absolute atomic E-state index is 0.242. The lowest BCUT2D eigenvalue weighted by Crippen LogP contribution is -2.39. The standard InChI is InChI=1S/C16H25N3/c1-11(17-12(2)16(3,4)5)15-18-13-9-7-8-10-14(13)19(15)6/h7-12,17H,1-6H3. The van der Waals surface area contributed by atoms with Crippen LogP contribution in [0.1, 0.15) is 46.5 Å². The van der Waals surface area contributed by atoms with Crippen molar-refractivity contribution in [2.75, 3.05) is 0 Å². The smallest absolute Gasteiger partial charge is 0.126 e. The summed E-state index contributed by atoms with van der Waals surface area (Å²) in [6, 6.07) is 8.96. The molecule has 0 spiro atoms. The summed E-state index contributed by atoms with van der Waals surface area (Å²) < 4.78 is 2.18. The topological polar surface area (TPSA) is 29.9 Å². The monoisotopic (exact) mass is 259 g/mol. The molecular weight excluding hydrogens is 234 g/mol. The van der Waals surface area contributed by atoms with Gasteiger partial charge in [-0.2, -0.15) is 0 Å². The van der Waals surface area contributed by atoms with E-state index in [4.69, 9.17) is 4.98 Å². The first kappa shape index (κ1) is 14.1. The van der Waals surface area contributed by atoms with E-state index in [9.17, 15) is 0 Å². The van der Waals surface area contributed by atoms with Gasteiger partial charge in [-0.1, -0.05) is 32.9 Å². The molecule has 1 aromatic carbocycles. The van der Waals surface area contributed by atoms with Crippen molar-refractivity contribution in [3.8, 4) is 0 Å². The highest BCUT2D eigenvalue weighted by atomic mass is 15.1. The summed E-state index contributed by atoms with van der Waals surface area (Å²) in [6.07, 6.45) is 0. The molecule has 0 bridgehead atoms. The Morgan fingerprint density at radius 3 is 2.37 bits per heavy atom. The van der Waals surface area contributed by atoms with Gasteiger partial charge in [-0.15, -0.1) is 0 Å². The van der Waals surface area contributed by atoms with Crippen molar-refractivity contribution in [2.45, 2.75) is 46.7 Å². The first-order valence-corrected chi connectivity index (χ1v) is 6.98. The molecule has 0 aliphatic heterocycles. The first-order valence-electron chi connectivity index (χ1n) is 6.98. The van der Waals surface area contributed by atoms with Gasteiger partial charge in [0.15, 0.2) is 0 Å². The quantitative estimate of drug-likeness (QED) is 0.911. The average Bonchev–Trinajstić information content (AvgIpc) is 2.66. The second-order valence-electron chi connectivity index (χ2n) is 6.49. The number of hydrogen-bond acceptors (Lipinski definition) is 2. The van der Waals surface area contributed by atoms with Crippen molar-refractivity contribution in [2.24, 2.45) is 12.5 Å². The number of hydrogen-bond donors (Lipinski definition) is 1. The Morgan fingerprint density at radius 1 is 1.16 bits per heavy atom. The zero-order chi connectivity index (χ0) is 14.2. The number of para-hydroxylation sites is 2. The highest BCUT2D eigenvalue weighted by Gasteiger charge is 2.23. The van der Waals surface area contributed by atoms with Crippen LogP contribution in [-0.4, -0.2) is 15.6 Å². The molecule has 2 unspecified atom stereocenters. The van der Waals surface area contributed by atoms with Crippen LogP contribution in [0.2, 0.25) is 0 Å². The van der Waals surface area contributed by atoms with Gasteiger partial charge >= 0.3 is 0 Å². The third-order valence-electron chi connectivity index (χ3n) is 4.01. The van der Waals surface area contributed by atoms with Gasteiger partial charge in [0.25, 0.3) is 0 Å². The lowest BCUT2D eigenvalue weighted by Gasteiger charge is -2.30. The van der Waals surface area contributed by atoms with Crippen molar-refractivity contribution in [1.82, 2.24) is 14.9 Å². The lowest BCUT2D eigenvalue weighted by atomic mass is 9.87. The van der Waals surface area contributed by atoms with Gasteiger partial charge in [0.1, 0.15) is 5.82 Å². The van der Waals surface area contributed by atoms with E-state index in [0.717, 1.165) is 11.3 Å². The number of nitrogens with zero attached hydrogens (tertiary/aromatic N) is 2. The molecule has 2 atom stereocenters. The fourth-order valence-electron chi connectivity index (χ4n) is 2.25. The maximum Gasteiger partial charge on any atom is 0.126 e. The van der Waals surface area contributed by atoms with E-state index in [1.807, 2.05) is 6.07 Å². The normalized spacial score (nSPS) is 15.7. The molecule has 0 saturated heterocycles. The zero-order valence-electron chi connectivity index (χ0n) is 12.9. The van der Waals surface area contributed by atoms with E-state index >= 15 is 0 Å². The van der Waals surface area contributed by atoms with Crippen LogP contribution in [0, 0.1) is 5.41 Å². The summed E-state index contributed by atoms with van der Waals surface area (Å²) in [6.45, 7) is 11.2. The predicted octanol–water partition coefficient (Wildman–Crippen LogP) is 3.66. The van der Waals surface area contributed by atoms with Gasteiger partial charge in [-0.3, -0.25) is 0 Å². The number of fused-ring (bicyclic) bond motifs is 1. The Balaban J connectivity index is 2.27. The Bertz CT molecular complexity index is 563. The number of imidazole rings is 1. The van der Waals surface area contributed by atoms with Gasteiger partial charge in [0.2, 0.25) is 0 Å². The van der Waals surface area contributed by atoms with Crippen LogP contribution < -0.4 is 5.32 Å². The van der Waals surface area contributed by atoms with Crippen LogP contribution in [0.25, 0.3) is 11.0 Å². The predicted molar refractivity (Wildman–Crippen MR) is 81.2 cm³/mol. The number of aryl methyl sites for hydroxylation is 1. The Kier molecular flexibility index (Phi) is 3.68. The molecule has 0 saturated carbocycles. The number of aromatic nitrogens is 2. The number of nitrogens with one attached hydrogen (secondary N) is 1. The molecule has 1 aromatic heterocycles. The van der Waals surface area contributed by atoms with E-state index in [-0.39, 0.29) is 11.5 Å². The SMILES string of the molecule is CC(NC(C)C(C)(C)C)c1nc2ccccc2n1C. The lowest BCUT2D eigenvalue weighted by molar-refractivity contribution is 0.264. The molecular formula is C16H25N3. The maximum atomic E-state index is 4.75. The molecule has 104 valence electrons. The highest BCUT2D eigenvalue weighted by molar-refractivity contribution is 5.75. The second kappa shape index (κ2) is 4.97. The minimum atomic E-state index is 0.242. The fourth-order valence-corrected chi connectivity index (χ4v) is 2.25. The molecule has 0 amide bonds. The van der Waals surface area contributed by atoms with Gasteiger partial charge in [0, 0.05) is 13.1 Å². The average molecular weight is 259 g/mol. The van der Waals surface area contributed by atoms with Crippen molar-refractivity contribution < 1.29 is 0 Å². The Labute approximate surface area is 116 Å². The van der Waals surface area contributed by atoms with Crippen LogP contribution in [0.4, 0.5) is 0 Å². The van der Waals surface area contributed by atoms with E-state index in [2.05, 4.69) is 69.7 Å². The summed E-state index contributed by atoms with van der Waals surface area (Å²) in [7, 11) is 2.09. The highest BCUT2D eigenvalue weighted by Crippen LogP contribution is 2.24. The molecule has 19 heavy (non-hydrogen) atoms. The maximum absolute atomic E-state index is 4.75. The largest absolute Gasteiger partial charge is 0.330 e. The van der Waals surface area contributed by atoms with Crippen LogP contribution in [-0.2, 0) is 7.05 Å². The van der Waals surface area contributed by atoms with Crippen LogP contribution >= 0.6 is 0 Å². The van der Waals surface area contributed by atoms with Crippen LogP contribution in [0.15, 0.2) is 24.3 Å². The van der Waals surface area contributed by atoms with Crippen molar-refractivity contribution in [3.05, 3.63) is 30.1 Å². The summed E-state index contributed by atoms with van der Waals surface area (Å²) in [4.78, 5) is 4.75. The van der Waals surface area contributed by atoms with Gasteiger partial charge < -0.3 is 9.88 Å². The van der Waals surface area contributed by atoms with Gasteiger partial charge in [0.05, 0.1) is 17.1 Å². The molecule has 0 aliphatic carbocycles.